The van der Waals surface area contributed by atoms with Gasteiger partial charge in [-0.05, 0) is 95.6 Å². The number of likely N-dealkylation sites (tertiary alicyclic amines) is 1. The van der Waals surface area contributed by atoms with E-state index < -0.39 is 83.4 Å². The van der Waals surface area contributed by atoms with E-state index in [4.69, 9.17) is 34.7 Å². The van der Waals surface area contributed by atoms with Gasteiger partial charge in [0, 0.05) is 72.0 Å². The van der Waals surface area contributed by atoms with Gasteiger partial charge in [0.2, 0.25) is 23.6 Å². The predicted octanol–water partition coefficient (Wildman–Crippen LogP) is 7.17. The third kappa shape index (κ3) is 17.9. The molecule has 2 aliphatic rings. The van der Waals surface area contributed by atoms with E-state index in [1.165, 1.54) is 79.8 Å². The second-order valence-electron chi connectivity index (χ2n) is 20.5. The lowest BCUT2D eigenvalue weighted by Crippen LogP contribution is -2.45. The predicted molar refractivity (Wildman–Crippen MR) is 308 cm³/mol. The van der Waals surface area contributed by atoms with Crippen molar-refractivity contribution in [2.45, 2.75) is 111 Å². The van der Waals surface area contributed by atoms with E-state index >= 15 is 0 Å². The number of fused-ring (bicyclic) bond motifs is 2. The Morgan fingerprint density at radius 3 is 1.50 bits per heavy atom. The maximum Gasteiger partial charge on any atom is 0.335 e. The summed E-state index contributed by atoms with van der Waals surface area (Å²) in [4.78, 5) is 103. The van der Waals surface area contributed by atoms with Crippen molar-refractivity contribution in [1.82, 2.24) is 50.2 Å². The molecule has 2 fully saturated rings. The highest BCUT2D eigenvalue weighted by atomic mass is 35.5. The summed E-state index contributed by atoms with van der Waals surface area (Å²) in [5.74, 6) is -12.3. The van der Waals surface area contributed by atoms with Crippen molar-refractivity contribution in [2.75, 3.05) is 39.3 Å². The van der Waals surface area contributed by atoms with Crippen LogP contribution in [-0.2, 0) is 45.4 Å². The zero-order chi connectivity index (χ0) is 62.7. The minimum Gasteiger partial charge on any atom is -0.478 e. The summed E-state index contributed by atoms with van der Waals surface area (Å²) in [6.45, 7) is 5.37. The third-order valence-electron chi connectivity index (χ3n) is 13.5. The molecule has 29 heteroatoms. The molecule has 0 bridgehead atoms. The lowest BCUT2D eigenvalue weighted by molar-refractivity contribution is -0.138. The van der Waals surface area contributed by atoms with E-state index in [2.05, 4.69) is 26.1 Å². The average molecular weight is 1250 g/mol. The standard InChI is InChI=1S/C28H30ClF3N6O4.C23H23ClFN5O5.C5H9F2N.CH4/c1-16(2)37(13-22(39)34-12-18-5-3-6-20(29)24(18)30)23(40)14-38-21-8-7-17(11-19(21)25(35-38)26(33)41)27(42)36-10-4-9-28(31,32)15-36;1-12(2)29(10-18(31)27-9-14-4-3-5-16(24)20(14)25)19(32)11-30-17-7-6-13(23(34)35)8-15(17)21(28-30)22(26)33;6-5(7)2-1-3-8-4-5;/h3,5-8,11,16H,4,9-10,12-15H2,1-2H3,(H2,33,41)(H,34,39);3-8,12H,9-11H2,1-2H3,(H2,26,33)(H,27,31)(H,34,35);8H,1-4H2;1H4. The van der Waals surface area contributed by atoms with Crippen molar-refractivity contribution in [3.63, 3.8) is 0 Å². The highest BCUT2D eigenvalue weighted by molar-refractivity contribution is 6.31. The van der Waals surface area contributed by atoms with Gasteiger partial charge in [0.05, 0.1) is 52.8 Å². The summed E-state index contributed by atoms with van der Waals surface area (Å²) in [6.07, 6.45) is 0.528. The minimum absolute atomic E-state index is 0. The van der Waals surface area contributed by atoms with Crippen LogP contribution in [0.3, 0.4) is 0 Å². The fourth-order valence-corrected chi connectivity index (χ4v) is 9.51. The van der Waals surface area contributed by atoms with Crippen molar-refractivity contribution < 1.29 is 69.8 Å². The first-order chi connectivity index (χ1) is 40.0. The number of hydrogen-bond donors (Lipinski definition) is 6. The van der Waals surface area contributed by atoms with E-state index in [0.29, 0.717) is 17.5 Å². The van der Waals surface area contributed by atoms with Crippen molar-refractivity contribution in [1.29, 1.82) is 0 Å². The zero-order valence-electron chi connectivity index (χ0n) is 46.5. The minimum atomic E-state index is -2.98. The van der Waals surface area contributed by atoms with Crippen LogP contribution in [0.25, 0.3) is 21.8 Å². The summed E-state index contributed by atoms with van der Waals surface area (Å²) in [7, 11) is 0. The lowest BCUT2D eigenvalue weighted by Gasteiger charge is -2.32. The van der Waals surface area contributed by atoms with Crippen LogP contribution in [-0.4, -0.2) is 150 Å². The van der Waals surface area contributed by atoms with Gasteiger partial charge in [-0.3, -0.25) is 42.9 Å². The third-order valence-corrected chi connectivity index (χ3v) is 14.1. The SMILES string of the molecule is C.CC(C)N(CC(=O)NCc1cccc(Cl)c1F)C(=O)Cn1nc(C(N)=O)c2cc(C(=O)N3CCCC(F)(F)C3)ccc21.CC(C)N(CC(=O)NCc1cccc(Cl)c1F)C(=O)Cn1nc(C(N)=O)c2cc(C(=O)O)ccc21.FC1(F)CCCNC1. The van der Waals surface area contributed by atoms with Crippen molar-refractivity contribution >= 4 is 92.3 Å². The molecule has 0 radical (unpaired) electrons. The van der Waals surface area contributed by atoms with Crippen LogP contribution >= 0.6 is 23.2 Å². The molecule has 8 rings (SSSR count). The number of benzene rings is 4. The number of aromatic nitrogens is 4. The number of halogens is 8. The zero-order valence-corrected chi connectivity index (χ0v) is 48.0. The van der Waals surface area contributed by atoms with Crippen LogP contribution in [0, 0.1) is 11.6 Å². The summed E-state index contributed by atoms with van der Waals surface area (Å²) >= 11 is 11.5. The summed E-state index contributed by atoms with van der Waals surface area (Å²) in [5.41, 5.74) is 11.6. The van der Waals surface area contributed by atoms with Gasteiger partial charge < -0.3 is 47.2 Å². The number of amides is 7. The molecule has 86 heavy (non-hydrogen) atoms. The second kappa shape index (κ2) is 29.7. The number of carbonyl (C=O) groups is 8. The highest BCUT2D eigenvalue weighted by Gasteiger charge is 2.38. The summed E-state index contributed by atoms with van der Waals surface area (Å²) in [5, 5.41) is 25.5. The number of piperidine rings is 2. The van der Waals surface area contributed by atoms with Crippen molar-refractivity contribution in [3.05, 3.63) is 128 Å². The number of carboxylic acids is 1. The molecule has 0 saturated carbocycles. The first kappa shape index (κ1) is 68.5. The molecular formula is C57H66Cl2F6N12O9. The smallest absolute Gasteiger partial charge is 0.335 e. The molecule has 8 N–H and O–H groups in total. The number of aromatic carboxylic acids is 1. The normalized spacial score (nSPS) is 14.2. The maximum atomic E-state index is 14.2. The fraction of sp³-hybridized carbons (Fsp3) is 0.404. The molecule has 2 saturated heterocycles. The van der Waals surface area contributed by atoms with Gasteiger partial charge in [-0.1, -0.05) is 54.9 Å². The number of nitrogens with one attached hydrogen (secondary N) is 3. The fourth-order valence-electron chi connectivity index (χ4n) is 9.12. The first-order valence-electron chi connectivity index (χ1n) is 26.5. The molecular weight excluding hydrogens is 1180 g/mol. The molecule has 6 aromatic rings. The largest absolute Gasteiger partial charge is 0.478 e. The van der Waals surface area contributed by atoms with Crippen LogP contribution in [0.5, 0.6) is 0 Å². The van der Waals surface area contributed by atoms with Gasteiger partial charge in [0.15, 0.2) is 11.4 Å². The van der Waals surface area contributed by atoms with Crippen LogP contribution in [0.15, 0.2) is 72.8 Å². The molecule has 4 aromatic carbocycles. The molecule has 0 unspecified atom stereocenters. The Balaban J connectivity index is 0.000000278. The first-order valence-corrected chi connectivity index (χ1v) is 27.3. The average Bonchev–Trinajstić information content (AvgIpc) is 1.95. The number of hydrogen-bond acceptors (Lipinski definition) is 11. The van der Waals surface area contributed by atoms with Crippen molar-refractivity contribution in [3.8, 4) is 0 Å². The summed E-state index contributed by atoms with van der Waals surface area (Å²) < 4.78 is 82.7. The van der Waals surface area contributed by atoms with Gasteiger partial charge in [0.1, 0.15) is 24.7 Å². The van der Waals surface area contributed by atoms with E-state index in [1.54, 1.807) is 39.8 Å². The van der Waals surface area contributed by atoms with Gasteiger partial charge in [-0.15, -0.1) is 0 Å². The second-order valence-corrected chi connectivity index (χ2v) is 21.4. The number of rotatable bonds is 18. The molecule has 464 valence electrons. The van der Waals surface area contributed by atoms with E-state index in [-0.39, 0.29) is 140 Å². The Morgan fingerprint density at radius 1 is 0.674 bits per heavy atom. The molecule has 0 spiro atoms. The van der Waals surface area contributed by atoms with Crippen LogP contribution in [0.4, 0.5) is 26.3 Å². The topological polar surface area (TPSA) is 290 Å². The Morgan fingerprint density at radius 2 is 1.12 bits per heavy atom. The molecule has 2 aliphatic heterocycles. The number of carbonyl (C=O) groups excluding carboxylic acids is 7. The highest BCUT2D eigenvalue weighted by Crippen LogP contribution is 2.29. The molecule has 0 atom stereocenters. The molecule has 7 amide bonds. The quantitative estimate of drug-likeness (QED) is 0.0467. The number of nitrogens with zero attached hydrogens (tertiary/aromatic N) is 7. The Hall–Kier alpha value is -8.30. The van der Waals surface area contributed by atoms with Crippen LogP contribution < -0.4 is 27.4 Å². The van der Waals surface area contributed by atoms with Crippen LogP contribution in [0.1, 0.15) is 114 Å². The van der Waals surface area contributed by atoms with Gasteiger partial charge in [0.25, 0.3) is 29.6 Å². The Bertz CT molecular complexity index is 3500. The number of alkyl halides is 4. The van der Waals surface area contributed by atoms with Gasteiger partial charge >= 0.3 is 5.97 Å². The van der Waals surface area contributed by atoms with E-state index in [9.17, 15) is 69.8 Å². The molecule has 21 nitrogen and oxygen atoms in total. The van der Waals surface area contributed by atoms with Crippen molar-refractivity contribution in [2.24, 2.45) is 11.5 Å². The van der Waals surface area contributed by atoms with Gasteiger partial charge in [-0.2, -0.15) is 10.2 Å². The lowest BCUT2D eigenvalue weighted by atomic mass is 10.0. The summed E-state index contributed by atoms with van der Waals surface area (Å²) in [6, 6.07) is 16.3. The number of nitrogens with two attached hydrogens (primary N) is 2. The molecule has 0 aliphatic carbocycles. The molecule has 2 aromatic heterocycles. The van der Waals surface area contributed by atoms with Gasteiger partial charge in [-0.25, -0.2) is 31.1 Å². The Labute approximate surface area is 500 Å². The Kier molecular flexibility index (Phi) is 23.6. The molecule has 4 heterocycles. The monoisotopic (exact) mass is 1250 g/mol. The van der Waals surface area contributed by atoms with E-state index in [0.717, 1.165) is 11.4 Å². The number of carboxylic acid groups (broad SMARTS) is 1. The van der Waals surface area contributed by atoms with Crippen LogP contribution in [0.2, 0.25) is 10.0 Å². The van der Waals surface area contributed by atoms with E-state index in [1.807, 2.05) is 0 Å². The maximum absolute atomic E-state index is 14.2. The number of primary amides is 2.